The van der Waals surface area contributed by atoms with Gasteiger partial charge in [0.05, 0.1) is 7.11 Å². The summed E-state index contributed by atoms with van der Waals surface area (Å²) in [4.78, 5) is 39.1. The molecule has 144 valence electrons. The molecule has 1 aliphatic heterocycles. The zero-order chi connectivity index (χ0) is 20.1. The van der Waals surface area contributed by atoms with E-state index in [2.05, 4.69) is 5.32 Å². The third-order valence-corrected chi connectivity index (χ3v) is 6.34. The van der Waals surface area contributed by atoms with E-state index in [9.17, 15) is 14.4 Å². The van der Waals surface area contributed by atoms with Crippen LogP contribution in [-0.4, -0.2) is 24.8 Å². The number of methoxy groups -OCH3 is 1. The number of carbonyl (C=O) groups is 3. The summed E-state index contributed by atoms with van der Waals surface area (Å²) in [6.45, 7) is 3.55. The number of amides is 1. The highest BCUT2D eigenvalue weighted by Crippen LogP contribution is 2.62. The molecular formula is C23H23NO4. The summed E-state index contributed by atoms with van der Waals surface area (Å²) in [7, 11) is 1.30. The number of hydrogen-bond donors (Lipinski definition) is 1. The summed E-state index contributed by atoms with van der Waals surface area (Å²) in [5.74, 6) is -2.25. The smallest absolute Gasteiger partial charge is 0.322 e. The third-order valence-electron chi connectivity index (χ3n) is 6.34. The van der Waals surface area contributed by atoms with Crippen molar-refractivity contribution >= 4 is 23.3 Å². The van der Waals surface area contributed by atoms with Gasteiger partial charge in [-0.15, -0.1) is 0 Å². The summed E-state index contributed by atoms with van der Waals surface area (Å²) < 4.78 is 5.10. The molecule has 0 radical (unpaired) electrons. The van der Waals surface area contributed by atoms with Gasteiger partial charge >= 0.3 is 5.97 Å². The highest BCUT2D eigenvalue weighted by molar-refractivity contribution is 6.13. The van der Waals surface area contributed by atoms with E-state index in [4.69, 9.17) is 4.74 Å². The summed E-state index contributed by atoms with van der Waals surface area (Å²) >= 11 is 0. The van der Waals surface area contributed by atoms with Crippen LogP contribution < -0.4 is 5.32 Å². The highest BCUT2D eigenvalue weighted by Gasteiger charge is 2.66. The van der Waals surface area contributed by atoms with Crippen LogP contribution in [0.15, 0.2) is 48.5 Å². The van der Waals surface area contributed by atoms with Crippen molar-refractivity contribution in [3.63, 3.8) is 0 Å². The SMILES string of the molecule is COC(=O)[C@]12C[C@H](c3ccc(C)cc3)[C@H](C(C)=O)[C@H]1c1ccccc1NC2=O. The fourth-order valence-electron chi connectivity index (χ4n) is 5.09. The Morgan fingerprint density at radius 2 is 1.79 bits per heavy atom. The van der Waals surface area contributed by atoms with E-state index < -0.39 is 23.2 Å². The van der Waals surface area contributed by atoms with Crippen LogP contribution in [0, 0.1) is 18.3 Å². The van der Waals surface area contributed by atoms with Crippen molar-refractivity contribution in [2.75, 3.05) is 12.4 Å². The lowest BCUT2D eigenvalue weighted by Crippen LogP contribution is -2.50. The fraction of sp³-hybridized carbons (Fsp3) is 0.348. The second-order valence-corrected chi connectivity index (χ2v) is 7.84. The maximum Gasteiger partial charge on any atom is 0.322 e. The summed E-state index contributed by atoms with van der Waals surface area (Å²) in [6, 6.07) is 15.4. The van der Waals surface area contributed by atoms with Crippen LogP contribution in [0.5, 0.6) is 0 Å². The van der Waals surface area contributed by atoms with Crippen LogP contribution in [0.25, 0.3) is 0 Å². The minimum Gasteiger partial charge on any atom is -0.468 e. The van der Waals surface area contributed by atoms with Crippen LogP contribution in [0.4, 0.5) is 5.69 Å². The molecule has 1 N–H and O–H groups in total. The molecule has 4 atom stereocenters. The van der Waals surface area contributed by atoms with Crippen molar-refractivity contribution in [2.45, 2.75) is 32.1 Å². The van der Waals surface area contributed by atoms with Gasteiger partial charge < -0.3 is 10.1 Å². The van der Waals surface area contributed by atoms with Crippen LogP contribution in [0.3, 0.4) is 0 Å². The van der Waals surface area contributed by atoms with Crippen molar-refractivity contribution in [1.29, 1.82) is 0 Å². The number of Topliss-reactive ketones (excluding diaryl/α,β-unsaturated/α-hetero) is 1. The lowest BCUT2D eigenvalue weighted by molar-refractivity contribution is -0.158. The van der Waals surface area contributed by atoms with E-state index in [1.807, 2.05) is 55.5 Å². The summed E-state index contributed by atoms with van der Waals surface area (Å²) in [6.07, 6.45) is 0.248. The predicted octanol–water partition coefficient (Wildman–Crippen LogP) is 3.58. The average molecular weight is 377 g/mol. The molecule has 1 saturated carbocycles. The Balaban J connectivity index is 1.95. The van der Waals surface area contributed by atoms with E-state index in [1.54, 1.807) is 6.92 Å². The van der Waals surface area contributed by atoms with E-state index in [-0.39, 0.29) is 24.0 Å². The Bertz CT molecular complexity index is 965. The lowest BCUT2D eigenvalue weighted by Gasteiger charge is -2.38. The number of para-hydroxylation sites is 1. The number of ketones is 1. The van der Waals surface area contributed by atoms with Gasteiger partial charge in [0, 0.05) is 17.5 Å². The fourth-order valence-corrected chi connectivity index (χ4v) is 5.09. The summed E-state index contributed by atoms with van der Waals surface area (Å²) in [5.41, 5.74) is 2.16. The molecule has 5 nitrogen and oxygen atoms in total. The number of fused-ring (bicyclic) bond motifs is 3. The number of aryl methyl sites for hydroxylation is 1. The number of rotatable bonds is 3. The van der Waals surface area contributed by atoms with Gasteiger partial charge in [-0.25, -0.2) is 0 Å². The Morgan fingerprint density at radius 1 is 1.11 bits per heavy atom. The molecule has 5 heteroatoms. The largest absolute Gasteiger partial charge is 0.468 e. The van der Waals surface area contributed by atoms with Crippen LogP contribution in [-0.2, 0) is 19.1 Å². The second-order valence-electron chi connectivity index (χ2n) is 7.84. The number of esters is 1. The number of hydrogen-bond acceptors (Lipinski definition) is 4. The lowest BCUT2D eigenvalue weighted by atomic mass is 9.67. The first-order valence-electron chi connectivity index (χ1n) is 9.46. The molecule has 2 aromatic carbocycles. The summed E-state index contributed by atoms with van der Waals surface area (Å²) in [5, 5.41) is 2.88. The molecule has 0 bridgehead atoms. The van der Waals surface area contributed by atoms with Gasteiger partial charge in [-0.05, 0) is 43.4 Å². The minimum atomic E-state index is -1.41. The molecule has 4 rings (SSSR count). The molecule has 0 spiro atoms. The second kappa shape index (κ2) is 6.59. The normalized spacial score (nSPS) is 28.1. The molecule has 28 heavy (non-hydrogen) atoms. The van der Waals surface area contributed by atoms with Gasteiger partial charge in [0.15, 0.2) is 5.41 Å². The zero-order valence-electron chi connectivity index (χ0n) is 16.2. The third kappa shape index (κ3) is 2.49. The highest BCUT2D eigenvalue weighted by atomic mass is 16.5. The number of benzene rings is 2. The number of anilines is 1. The number of ether oxygens (including phenoxy) is 1. The number of nitrogens with one attached hydrogen (secondary N) is 1. The maximum absolute atomic E-state index is 13.2. The Labute approximate surface area is 164 Å². The molecule has 0 saturated heterocycles. The van der Waals surface area contributed by atoms with E-state index >= 15 is 0 Å². The first kappa shape index (κ1) is 18.4. The molecule has 1 heterocycles. The molecule has 1 aliphatic carbocycles. The Kier molecular flexibility index (Phi) is 4.33. The standard InChI is InChI=1S/C23H23NO4/c1-13-8-10-15(11-9-13)17-12-23(22(27)28-3)20(19(17)14(2)25)16-6-4-5-7-18(16)24-21(23)26/h4-11,17,19-20H,12H2,1-3H3,(H,24,26)/t17-,19+,20-,23-/m1/s1. The first-order chi connectivity index (χ1) is 13.4. The van der Waals surface area contributed by atoms with Crippen molar-refractivity contribution in [1.82, 2.24) is 0 Å². The molecule has 1 fully saturated rings. The molecule has 2 aromatic rings. The monoisotopic (exact) mass is 377 g/mol. The van der Waals surface area contributed by atoms with Gasteiger partial charge in [-0.1, -0.05) is 48.0 Å². The molecule has 0 unspecified atom stereocenters. The minimum absolute atomic E-state index is 0.0224. The van der Waals surface area contributed by atoms with Gasteiger partial charge in [-0.2, -0.15) is 0 Å². The Hall–Kier alpha value is -2.95. The van der Waals surface area contributed by atoms with Crippen molar-refractivity contribution in [2.24, 2.45) is 11.3 Å². The van der Waals surface area contributed by atoms with Gasteiger partial charge in [0.25, 0.3) is 0 Å². The van der Waals surface area contributed by atoms with Gasteiger partial charge in [-0.3, -0.25) is 14.4 Å². The quantitative estimate of drug-likeness (QED) is 0.655. The molecule has 0 aromatic heterocycles. The van der Waals surface area contributed by atoms with Crippen LogP contribution in [0.2, 0.25) is 0 Å². The van der Waals surface area contributed by atoms with Crippen LogP contribution >= 0.6 is 0 Å². The molecule has 1 amide bonds. The molecular weight excluding hydrogens is 354 g/mol. The van der Waals surface area contributed by atoms with Crippen molar-refractivity contribution in [3.8, 4) is 0 Å². The maximum atomic E-state index is 13.2. The van der Waals surface area contributed by atoms with E-state index in [1.165, 1.54) is 7.11 Å². The van der Waals surface area contributed by atoms with E-state index in [0.29, 0.717) is 5.69 Å². The Morgan fingerprint density at radius 3 is 2.43 bits per heavy atom. The van der Waals surface area contributed by atoms with Crippen LogP contribution in [0.1, 0.15) is 41.9 Å². The predicted molar refractivity (Wildman–Crippen MR) is 105 cm³/mol. The average Bonchev–Trinajstić information content (AvgIpc) is 3.06. The van der Waals surface area contributed by atoms with Crippen molar-refractivity contribution < 1.29 is 19.1 Å². The van der Waals surface area contributed by atoms with Gasteiger partial charge in [0.1, 0.15) is 5.78 Å². The van der Waals surface area contributed by atoms with E-state index in [0.717, 1.165) is 16.7 Å². The molecule has 2 aliphatic rings. The zero-order valence-corrected chi connectivity index (χ0v) is 16.2. The first-order valence-corrected chi connectivity index (χ1v) is 9.46. The number of carbonyl (C=O) groups excluding carboxylic acids is 3. The van der Waals surface area contributed by atoms with Gasteiger partial charge in [0.2, 0.25) is 5.91 Å². The topological polar surface area (TPSA) is 72.5 Å². The van der Waals surface area contributed by atoms with Crippen molar-refractivity contribution in [3.05, 3.63) is 65.2 Å².